The van der Waals surface area contributed by atoms with E-state index in [0.717, 1.165) is 28.3 Å². The van der Waals surface area contributed by atoms with E-state index >= 15 is 0 Å². The minimum absolute atomic E-state index is 1.06. The second-order valence-electron chi connectivity index (χ2n) is 7.70. The lowest BCUT2D eigenvalue weighted by molar-refractivity contribution is 1.02. The van der Waals surface area contributed by atoms with Crippen LogP contribution < -0.4 is 9.91 Å². The minimum atomic E-state index is 1.06. The number of para-hydroxylation sites is 1. The van der Waals surface area contributed by atoms with Crippen molar-refractivity contribution < 1.29 is 0 Å². The number of hydrogen-bond acceptors (Lipinski definition) is 3. The van der Waals surface area contributed by atoms with Gasteiger partial charge < -0.3 is 4.90 Å². The zero-order valence-corrected chi connectivity index (χ0v) is 18.2. The van der Waals surface area contributed by atoms with Gasteiger partial charge in [-0.1, -0.05) is 65.7 Å². The second-order valence-corrected chi connectivity index (χ2v) is 7.70. The average molecular weight is 406 g/mol. The van der Waals surface area contributed by atoms with E-state index in [1.807, 2.05) is 24.3 Å². The van der Waals surface area contributed by atoms with Gasteiger partial charge in [0.15, 0.2) is 0 Å². The predicted octanol–water partition coefficient (Wildman–Crippen LogP) is 7.24. The summed E-state index contributed by atoms with van der Waals surface area (Å²) in [6, 6.07) is 35.9. The number of aryl methyl sites for hydroxylation is 2. The van der Waals surface area contributed by atoms with E-state index in [4.69, 9.17) is 0 Å². The molecule has 0 unspecified atom stereocenters. The van der Waals surface area contributed by atoms with Crippen molar-refractivity contribution in [2.45, 2.75) is 13.8 Å². The van der Waals surface area contributed by atoms with Gasteiger partial charge in [0.05, 0.1) is 11.9 Å². The highest BCUT2D eigenvalue weighted by molar-refractivity contribution is 5.83. The monoisotopic (exact) mass is 405 g/mol. The van der Waals surface area contributed by atoms with Crippen LogP contribution in [0.4, 0.5) is 22.7 Å². The van der Waals surface area contributed by atoms with Crippen molar-refractivity contribution >= 4 is 29.0 Å². The smallest absolute Gasteiger partial charge is 0.0590 e. The van der Waals surface area contributed by atoms with Gasteiger partial charge in [-0.05, 0) is 67.9 Å². The maximum Gasteiger partial charge on any atom is 0.0590 e. The molecule has 0 fully saturated rings. The first-order valence-electron chi connectivity index (χ1n) is 10.5. The number of rotatable bonds is 6. The van der Waals surface area contributed by atoms with Crippen LogP contribution in [-0.4, -0.2) is 13.3 Å². The SMILES string of the molecule is Cc1ccc(N(C)N=Cc2ccc(N(c3ccccc3)c3ccc(C)cc3)cc2)cc1. The Balaban J connectivity index is 1.58. The summed E-state index contributed by atoms with van der Waals surface area (Å²) in [4.78, 5) is 2.26. The summed E-state index contributed by atoms with van der Waals surface area (Å²) in [5.74, 6) is 0. The zero-order valence-electron chi connectivity index (χ0n) is 18.2. The van der Waals surface area contributed by atoms with Crippen LogP contribution in [0.25, 0.3) is 0 Å². The molecule has 0 N–H and O–H groups in total. The zero-order chi connectivity index (χ0) is 21.6. The van der Waals surface area contributed by atoms with Crippen LogP contribution in [0.5, 0.6) is 0 Å². The number of anilines is 4. The molecule has 4 rings (SSSR count). The molecule has 0 saturated heterocycles. The third-order valence-corrected chi connectivity index (χ3v) is 5.25. The Kier molecular flexibility index (Phi) is 6.13. The summed E-state index contributed by atoms with van der Waals surface area (Å²) in [5, 5.41) is 6.47. The van der Waals surface area contributed by atoms with Crippen molar-refractivity contribution in [3.63, 3.8) is 0 Å². The number of hydrogen-bond donors (Lipinski definition) is 0. The molecule has 154 valence electrons. The van der Waals surface area contributed by atoms with Crippen molar-refractivity contribution in [3.05, 3.63) is 120 Å². The van der Waals surface area contributed by atoms with E-state index in [2.05, 4.69) is 121 Å². The van der Waals surface area contributed by atoms with Gasteiger partial charge in [-0.15, -0.1) is 0 Å². The third-order valence-electron chi connectivity index (χ3n) is 5.25. The van der Waals surface area contributed by atoms with Crippen molar-refractivity contribution in [1.82, 2.24) is 0 Å². The molecule has 0 radical (unpaired) electrons. The standard InChI is InChI=1S/C28H27N3/c1-22-9-15-25(16-10-22)30(3)29-21-24-13-19-28(20-14-24)31(26-7-5-4-6-8-26)27-17-11-23(2)12-18-27/h4-21H,1-3H3. The second kappa shape index (κ2) is 9.31. The van der Waals surface area contributed by atoms with Crippen LogP contribution in [-0.2, 0) is 0 Å². The molecule has 0 aromatic heterocycles. The lowest BCUT2D eigenvalue weighted by Gasteiger charge is -2.25. The molecule has 0 aliphatic carbocycles. The Morgan fingerprint density at radius 2 is 1.00 bits per heavy atom. The topological polar surface area (TPSA) is 18.8 Å². The lowest BCUT2D eigenvalue weighted by atomic mass is 10.1. The fourth-order valence-corrected chi connectivity index (χ4v) is 3.41. The van der Waals surface area contributed by atoms with E-state index in [1.165, 1.54) is 11.1 Å². The molecule has 4 aromatic carbocycles. The van der Waals surface area contributed by atoms with Crippen molar-refractivity contribution in [2.75, 3.05) is 17.0 Å². The molecule has 4 aromatic rings. The summed E-state index contributed by atoms with van der Waals surface area (Å²) >= 11 is 0. The molecule has 0 aliphatic heterocycles. The van der Waals surface area contributed by atoms with Gasteiger partial charge in [-0.2, -0.15) is 5.10 Å². The molecule has 0 heterocycles. The minimum Gasteiger partial charge on any atom is -0.311 e. The first kappa shape index (κ1) is 20.4. The molecular formula is C28H27N3. The van der Waals surface area contributed by atoms with Gasteiger partial charge in [0.1, 0.15) is 0 Å². The van der Waals surface area contributed by atoms with Gasteiger partial charge in [0, 0.05) is 24.1 Å². The van der Waals surface area contributed by atoms with E-state index in [-0.39, 0.29) is 0 Å². The van der Waals surface area contributed by atoms with Gasteiger partial charge in [0.25, 0.3) is 0 Å². The fourth-order valence-electron chi connectivity index (χ4n) is 3.41. The maximum absolute atomic E-state index is 4.59. The first-order valence-corrected chi connectivity index (χ1v) is 10.5. The summed E-state index contributed by atoms with van der Waals surface area (Å²) in [6.07, 6.45) is 1.89. The largest absolute Gasteiger partial charge is 0.311 e. The Hall–Kier alpha value is -3.85. The molecule has 3 nitrogen and oxygen atoms in total. The maximum atomic E-state index is 4.59. The summed E-state index contributed by atoms with van der Waals surface area (Å²) in [7, 11) is 1.96. The van der Waals surface area contributed by atoms with Crippen LogP contribution in [0.15, 0.2) is 108 Å². The third kappa shape index (κ3) is 5.01. The molecule has 0 atom stereocenters. The number of hydrazone groups is 1. The van der Waals surface area contributed by atoms with Gasteiger partial charge >= 0.3 is 0 Å². The Morgan fingerprint density at radius 1 is 0.548 bits per heavy atom. The van der Waals surface area contributed by atoms with Crippen LogP contribution in [0.1, 0.15) is 16.7 Å². The number of nitrogens with zero attached hydrogens (tertiary/aromatic N) is 3. The van der Waals surface area contributed by atoms with Gasteiger partial charge in [-0.3, -0.25) is 5.01 Å². The Bertz CT molecular complexity index is 1130. The summed E-state index contributed by atoms with van der Waals surface area (Å²) < 4.78 is 0. The molecule has 0 aliphatic rings. The highest BCUT2D eigenvalue weighted by Gasteiger charge is 2.11. The Labute approximate surface area is 184 Å². The number of benzene rings is 4. The molecule has 0 saturated carbocycles. The highest BCUT2D eigenvalue weighted by Crippen LogP contribution is 2.34. The van der Waals surface area contributed by atoms with Crippen LogP contribution in [0.2, 0.25) is 0 Å². The molecular weight excluding hydrogens is 378 g/mol. The van der Waals surface area contributed by atoms with E-state index in [0.29, 0.717) is 0 Å². The van der Waals surface area contributed by atoms with Crippen molar-refractivity contribution in [2.24, 2.45) is 5.10 Å². The van der Waals surface area contributed by atoms with Gasteiger partial charge in [0.2, 0.25) is 0 Å². The fraction of sp³-hybridized carbons (Fsp3) is 0.107. The molecule has 0 bridgehead atoms. The predicted molar refractivity (Wildman–Crippen MR) is 133 cm³/mol. The van der Waals surface area contributed by atoms with E-state index < -0.39 is 0 Å². The van der Waals surface area contributed by atoms with E-state index in [9.17, 15) is 0 Å². The highest BCUT2D eigenvalue weighted by atomic mass is 15.4. The van der Waals surface area contributed by atoms with Crippen LogP contribution in [0, 0.1) is 13.8 Å². The first-order chi connectivity index (χ1) is 15.1. The van der Waals surface area contributed by atoms with Crippen molar-refractivity contribution in [3.8, 4) is 0 Å². The average Bonchev–Trinajstić information content (AvgIpc) is 2.81. The van der Waals surface area contributed by atoms with Crippen LogP contribution in [0.3, 0.4) is 0 Å². The molecule has 31 heavy (non-hydrogen) atoms. The normalized spacial score (nSPS) is 10.9. The van der Waals surface area contributed by atoms with Crippen molar-refractivity contribution in [1.29, 1.82) is 0 Å². The summed E-state index contributed by atoms with van der Waals surface area (Å²) in [6.45, 7) is 4.20. The molecule has 0 spiro atoms. The molecule has 3 heteroatoms. The summed E-state index contributed by atoms with van der Waals surface area (Å²) in [5.41, 5.74) is 7.99. The van der Waals surface area contributed by atoms with E-state index in [1.54, 1.807) is 0 Å². The van der Waals surface area contributed by atoms with Crippen LogP contribution >= 0.6 is 0 Å². The van der Waals surface area contributed by atoms with Gasteiger partial charge in [-0.25, -0.2) is 0 Å². The lowest BCUT2D eigenvalue weighted by Crippen LogP contribution is -2.10. The quantitative estimate of drug-likeness (QED) is 0.249. The molecule has 0 amide bonds. The Morgan fingerprint density at radius 3 is 1.55 bits per heavy atom.